The maximum Gasteiger partial charge on any atom is 0.319 e. The number of carbonyl (C=O) groups is 1. The zero-order valence-electron chi connectivity index (χ0n) is 14.5. The van der Waals surface area contributed by atoms with Gasteiger partial charge in [0.1, 0.15) is 0 Å². The fraction of sp³-hybridized carbons (Fsp3) is 0.111. The van der Waals surface area contributed by atoms with Gasteiger partial charge in [0.15, 0.2) is 0 Å². The third kappa shape index (κ3) is 5.13. The molecule has 0 radical (unpaired) electrons. The highest BCUT2D eigenvalue weighted by Crippen LogP contribution is 2.21. The molecule has 0 unspecified atom stereocenters. The van der Waals surface area contributed by atoms with Crippen molar-refractivity contribution in [1.29, 1.82) is 0 Å². The van der Waals surface area contributed by atoms with Crippen LogP contribution < -0.4 is 15.8 Å². The third-order valence-corrected chi connectivity index (χ3v) is 5.47. The van der Waals surface area contributed by atoms with Gasteiger partial charge < -0.3 is 10.6 Å². The van der Waals surface area contributed by atoms with Gasteiger partial charge in [0.25, 0.3) is 0 Å². The molecular weight excluding hydrogens is 384 g/mol. The first-order valence-corrected chi connectivity index (χ1v) is 10.4. The summed E-state index contributed by atoms with van der Waals surface area (Å²) in [5, 5.41) is 13.5. The number of anilines is 1. The van der Waals surface area contributed by atoms with Crippen LogP contribution in [0, 0.1) is 6.92 Å². The van der Waals surface area contributed by atoms with E-state index in [-0.39, 0.29) is 4.90 Å². The van der Waals surface area contributed by atoms with Crippen molar-refractivity contribution in [2.45, 2.75) is 18.4 Å². The number of benzene rings is 2. The number of hydrogen-bond acceptors (Lipinski definition) is 5. The third-order valence-electron chi connectivity index (χ3n) is 3.76. The fourth-order valence-corrected chi connectivity index (χ4v) is 3.51. The number of aromatic nitrogens is 1. The van der Waals surface area contributed by atoms with Gasteiger partial charge in [-0.1, -0.05) is 24.3 Å². The van der Waals surface area contributed by atoms with Gasteiger partial charge in [-0.2, -0.15) is 0 Å². The minimum atomic E-state index is -3.75. The molecular formula is C18H18N4O3S2. The van der Waals surface area contributed by atoms with E-state index < -0.39 is 16.1 Å². The monoisotopic (exact) mass is 402 g/mol. The van der Waals surface area contributed by atoms with Crippen LogP contribution in [0.5, 0.6) is 0 Å². The second-order valence-electron chi connectivity index (χ2n) is 5.83. The highest BCUT2D eigenvalue weighted by Gasteiger charge is 2.08. The Morgan fingerprint density at radius 3 is 2.33 bits per heavy atom. The lowest BCUT2D eigenvalue weighted by molar-refractivity contribution is 0.251. The van der Waals surface area contributed by atoms with Crippen molar-refractivity contribution in [1.82, 2.24) is 10.3 Å². The first kappa shape index (κ1) is 19.0. The quantitative estimate of drug-likeness (QED) is 0.608. The van der Waals surface area contributed by atoms with Crippen LogP contribution in [0.4, 0.5) is 10.5 Å². The number of hydrogen-bond donors (Lipinski definition) is 3. The molecule has 140 valence electrons. The van der Waals surface area contributed by atoms with Crippen molar-refractivity contribution in [3.63, 3.8) is 0 Å². The Morgan fingerprint density at radius 1 is 1.11 bits per heavy atom. The van der Waals surface area contributed by atoms with Gasteiger partial charge in [-0.3, -0.25) is 0 Å². The fourth-order valence-electron chi connectivity index (χ4n) is 2.37. The normalized spacial score (nSPS) is 11.2. The average Bonchev–Trinajstić information content (AvgIpc) is 3.06. The number of nitrogens with two attached hydrogens (primary N) is 1. The van der Waals surface area contributed by atoms with Gasteiger partial charge >= 0.3 is 6.03 Å². The van der Waals surface area contributed by atoms with E-state index in [2.05, 4.69) is 15.6 Å². The first-order chi connectivity index (χ1) is 12.8. The number of primary sulfonamides is 1. The Bertz CT molecular complexity index is 1040. The Hall–Kier alpha value is -2.75. The minimum absolute atomic E-state index is 0.0103. The number of thiazole rings is 1. The molecule has 1 aromatic heterocycles. The van der Waals surface area contributed by atoms with E-state index in [1.807, 2.05) is 36.6 Å². The number of amides is 2. The van der Waals surface area contributed by atoms with Crippen molar-refractivity contribution in [2.24, 2.45) is 5.14 Å². The topological polar surface area (TPSA) is 114 Å². The van der Waals surface area contributed by atoms with Crippen molar-refractivity contribution in [3.05, 3.63) is 64.5 Å². The maximum absolute atomic E-state index is 12.0. The SMILES string of the molecule is Cc1nc(-c2ccc(CNC(=O)Nc3ccc(S(N)(=O)=O)cc3)cc2)cs1. The van der Waals surface area contributed by atoms with Crippen LogP contribution in [0.15, 0.2) is 58.8 Å². The Balaban J connectivity index is 1.54. The second kappa shape index (κ2) is 7.87. The molecule has 9 heteroatoms. The van der Waals surface area contributed by atoms with Crippen LogP contribution in [-0.2, 0) is 16.6 Å². The lowest BCUT2D eigenvalue weighted by Crippen LogP contribution is -2.28. The summed E-state index contributed by atoms with van der Waals surface area (Å²) in [6.45, 7) is 2.32. The molecule has 0 fully saturated rings. The van der Waals surface area contributed by atoms with Crippen LogP contribution >= 0.6 is 11.3 Å². The average molecular weight is 403 g/mol. The first-order valence-electron chi connectivity index (χ1n) is 8.00. The zero-order valence-corrected chi connectivity index (χ0v) is 16.1. The highest BCUT2D eigenvalue weighted by atomic mass is 32.2. The summed E-state index contributed by atoms with van der Waals surface area (Å²) < 4.78 is 22.4. The molecule has 27 heavy (non-hydrogen) atoms. The zero-order chi connectivity index (χ0) is 19.4. The summed E-state index contributed by atoms with van der Waals surface area (Å²) in [5.74, 6) is 0. The largest absolute Gasteiger partial charge is 0.334 e. The standard InChI is InChI=1S/C18H18N4O3S2/c1-12-21-17(11-26-12)14-4-2-13(3-5-14)10-20-18(23)22-15-6-8-16(9-7-15)27(19,24)25/h2-9,11H,10H2,1H3,(H2,19,24,25)(H2,20,22,23). The lowest BCUT2D eigenvalue weighted by Gasteiger charge is -2.08. The number of nitrogens with zero attached hydrogens (tertiary/aromatic N) is 1. The van der Waals surface area contributed by atoms with Gasteiger partial charge in [0.2, 0.25) is 10.0 Å². The van der Waals surface area contributed by atoms with E-state index in [0.29, 0.717) is 12.2 Å². The van der Waals surface area contributed by atoms with Crippen molar-refractivity contribution >= 4 is 33.1 Å². The van der Waals surface area contributed by atoms with Gasteiger partial charge in [0.05, 0.1) is 15.6 Å². The predicted octanol–water partition coefficient (Wildman–Crippen LogP) is 3.09. The highest BCUT2D eigenvalue weighted by molar-refractivity contribution is 7.89. The number of nitrogens with one attached hydrogen (secondary N) is 2. The van der Waals surface area contributed by atoms with Crippen molar-refractivity contribution in [2.75, 3.05) is 5.32 Å². The molecule has 0 saturated carbocycles. The van der Waals surface area contributed by atoms with Crippen LogP contribution in [0.1, 0.15) is 10.6 Å². The molecule has 0 aliphatic heterocycles. The number of carbonyl (C=O) groups excluding carboxylic acids is 1. The van der Waals surface area contributed by atoms with Crippen molar-refractivity contribution in [3.8, 4) is 11.3 Å². The summed E-state index contributed by atoms with van der Waals surface area (Å²) in [5.41, 5.74) is 3.39. The molecule has 3 rings (SSSR count). The molecule has 0 aliphatic carbocycles. The summed E-state index contributed by atoms with van der Waals surface area (Å²) in [6, 6.07) is 13.0. The summed E-state index contributed by atoms with van der Waals surface area (Å²) in [7, 11) is -3.75. The summed E-state index contributed by atoms with van der Waals surface area (Å²) >= 11 is 1.60. The Labute approximate surface area is 161 Å². The Kier molecular flexibility index (Phi) is 5.54. The van der Waals surface area contributed by atoms with Crippen molar-refractivity contribution < 1.29 is 13.2 Å². The lowest BCUT2D eigenvalue weighted by atomic mass is 10.1. The van der Waals surface area contributed by atoms with Gasteiger partial charge in [-0.15, -0.1) is 11.3 Å². The van der Waals surface area contributed by atoms with Crippen LogP contribution in [-0.4, -0.2) is 19.4 Å². The van der Waals surface area contributed by atoms with E-state index in [9.17, 15) is 13.2 Å². The number of rotatable bonds is 5. The van der Waals surface area contributed by atoms with Gasteiger partial charge in [-0.25, -0.2) is 23.3 Å². The minimum Gasteiger partial charge on any atom is -0.334 e. The van der Waals surface area contributed by atoms with E-state index in [4.69, 9.17) is 5.14 Å². The van der Waals surface area contributed by atoms with E-state index in [0.717, 1.165) is 21.8 Å². The van der Waals surface area contributed by atoms with E-state index in [1.54, 1.807) is 11.3 Å². The second-order valence-corrected chi connectivity index (χ2v) is 8.45. The summed E-state index contributed by atoms with van der Waals surface area (Å²) in [4.78, 5) is 16.4. The smallest absolute Gasteiger partial charge is 0.319 e. The molecule has 4 N–H and O–H groups in total. The number of urea groups is 1. The van der Waals surface area contributed by atoms with Crippen LogP contribution in [0.2, 0.25) is 0 Å². The predicted molar refractivity (Wildman–Crippen MR) is 106 cm³/mol. The molecule has 1 heterocycles. The van der Waals surface area contributed by atoms with E-state index in [1.165, 1.54) is 24.3 Å². The molecule has 2 amide bonds. The van der Waals surface area contributed by atoms with Gasteiger partial charge in [-0.05, 0) is 36.8 Å². The molecule has 0 spiro atoms. The molecule has 0 aliphatic rings. The number of aryl methyl sites for hydroxylation is 1. The summed E-state index contributed by atoms with van der Waals surface area (Å²) in [6.07, 6.45) is 0. The molecule has 0 saturated heterocycles. The Morgan fingerprint density at radius 2 is 1.78 bits per heavy atom. The van der Waals surface area contributed by atoms with Gasteiger partial charge in [0, 0.05) is 23.2 Å². The maximum atomic E-state index is 12.0. The van der Waals surface area contributed by atoms with Crippen LogP contribution in [0.3, 0.4) is 0 Å². The number of sulfonamides is 1. The molecule has 2 aromatic carbocycles. The molecule has 7 nitrogen and oxygen atoms in total. The van der Waals surface area contributed by atoms with Crippen LogP contribution in [0.25, 0.3) is 11.3 Å². The van der Waals surface area contributed by atoms with E-state index >= 15 is 0 Å². The molecule has 0 atom stereocenters. The molecule has 0 bridgehead atoms. The molecule has 3 aromatic rings.